The van der Waals surface area contributed by atoms with Gasteiger partial charge in [0.25, 0.3) is 5.91 Å². The molecule has 32 heavy (non-hydrogen) atoms. The molecule has 1 aliphatic heterocycles. The number of hydrogen-bond donors (Lipinski definition) is 1. The third-order valence-corrected chi connectivity index (χ3v) is 6.02. The highest BCUT2D eigenvalue weighted by molar-refractivity contribution is 6.36. The fourth-order valence-electron chi connectivity index (χ4n) is 4.05. The minimum atomic E-state index is -0.583. The quantitative estimate of drug-likeness (QED) is 0.453. The van der Waals surface area contributed by atoms with Gasteiger partial charge in [-0.25, -0.2) is 4.98 Å². The molecule has 2 N–H and O–H groups in total. The number of primary amides is 1. The Labute approximate surface area is 195 Å². The van der Waals surface area contributed by atoms with Crippen molar-refractivity contribution in [3.05, 3.63) is 117 Å². The van der Waals surface area contributed by atoms with Gasteiger partial charge >= 0.3 is 0 Å². The SMILES string of the molecule is NC(=O)c1nc(Cc2ccccc2)n2c1CN=C(c1ccccc1Cl)c1cc(Cl)ccc1-2. The van der Waals surface area contributed by atoms with Gasteiger partial charge in [0.2, 0.25) is 0 Å². The van der Waals surface area contributed by atoms with Gasteiger partial charge in [-0.3, -0.25) is 14.4 Å². The molecule has 0 aliphatic carbocycles. The van der Waals surface area contributed by atoms with E-state index in [1.165, 1.54) is 0 Å². The standard InChI is InChI=1S/C25H18Cl2N4O/c26-16-10-11-20-18(13-16)23(17-8-4-5-9-19(17)27)29-14-21-24(25(28)32)30-22(31(20)21)12-15-6-2-1-3-7-15/h1-11,13H,12,14H2,(H2,28,32). The number of nitrogens with two attached hydrogens (primary N) is 1. The number of rotatable bonds is 4. The van der Waals surface area contributed by atoms with Crippen molar-refractivity contribution in [2.75, 3.05) is 0 Å². The largest absolute Gasteiger partial charge is 0.364 e. The van der Waals surface area contributed by atoms with E-state index in [9.17, 15) is 4.79 Å². The lowest BCUT2D eigenvalue weighted by Crippen LogP contribution is -2.14. The summed E-state index contributed by atoms with van der Waals surface area (Å²) in [5.41, 5.74) is 10.8. The molecule has 7 heteroatoms. The molecule has 3 aromatic carbocycles. The molecular formula is C25H18Cl2N4O. The Morgan fingerprint density at radius 2 is 1.72 bits per heavy atom. The Balaban J connectivity index is 1.77. The number of imidazole rings is 1. The fourth-order valence-corrected chi connectivity index (χ4v) is 4.44. The molecule has 0 atom stereocenters. The topological polar surface area (TPSA) is 73.3 Å². The van der Waals surface area contributed by atoms with Crippen LogP contribution in [0.1, 0.15) is 38.7 Å². The second-order valence-corrected chi connectivity index (χ2v) is 8.34. The number of carbonyl (C=O) groups is 1. The average Bonchev–Trinajstić information content (AvgIpc) is 3.05. The minimum Gasteiger partial charge on any atom is -0.364 e. The van der Waals surface area contributed by atoms with Gasteiger partial charge in [0, 0.05) is 27.6 Å². The maximum Gasteiger partial charge on any atom is 0.269 e. The van der Waals surface area contributed by atoms with Crippen molar-refractivity contribution in [3.63, 3.8) is 0 Å². The van der Waals surface area contributed by atoms with Crippen LogP contribution in [0.2, 0.25) is 10.0 Å². The number of fused-ring (bicyclic) bond motifs is 3. The first-order valence-corrected chi connectivity index (χ1v) is 10.8. The summed E-state index contributed by atoms with van der Waals surface area (Å²) < 4.78 is 1.98. The molecule has 4 aromatic rings. The first-order chi connectivity index (χ1) is 15.5. The van der Waals surface area contributed by atoms with Crippen molar-refractivity contribution in [3.8, 4) is 5.69 Å². The molecule has 1 aliphatic rings. The summed E-state index contributed by atoms with van der Waals surface area (Å²) in [7, 11) is 0. The van der Waals surface area contributed by atoms with Crippen molar-refractivity contribution in [1.82, 2.24) is 9.55 Å². The Kier molecular flexibility index (Phi) is 5.29. The highest BCUT2D eigenvalue weighted by Gasteiger charge is 2.27. The molecule has 0 spiro atoms. The van der Waals surface area contributed by atoms with Crippen LogP contribution in [0.15, 0.2) is 77.8 Å². The molecule has 1 aromatic heterocycles. The second kappa shape index (κ2) is 8.26. The summed E-state index contributed by atoms with van der Waals surface area (Å²) in [5.74, 6) is 0.124. The summed E-state index contributed by atoms with van der Waals surface area (Å²) in [5, 5.41) is 1.16. The van der Waals surface area contributed by atoms with Gasteiger partial charge in [0.05, 0.1) is 23.6 Å². The van der Waals surface area contributed by atoms with Gasteiger partial charge in [-0.15, -0.1) is 0 Å². The highest BCUT2D eigenvalue weighted by atomic mass is 35.5. The fraction of sp³-hybridized carbons (Fsp3) is 0.0800. The lowest BCUT2D eigenvalue weighted by molar-refractivity contribution is 0.0995. The average molecular weight is 461 g/mol. The van der Waals surface area contributed by atoms with Crippen LogP contribution in [0, 0.1) is 0 Å². The minimum absolute atomic E-state index is 0.223. The molecule has 0 bridgehead atoms. The van der Waals surface area contributed by atoms with Gasteiger partial charge in [-0.05, 0) is 29.8 Å². The van der Waals surface area contributed by atoms with Crippen molar-refractivity contribution in [1.29, 1.82) is 0 Å². The van der Waals surface area contributed by atoms with E-state index in [4.69, 9.17) is 33.9 Å². The number of carbonyl (C=O) groups excluding carboxylic acids is 1. The molecule has 2 heterocycles. The first-order valence-electron chi connectivity index (χ1n) is 10.1. The zero-order valence-corrected chi connectivity index (χ0v) is 18.4. The predicted molar refractivity (Wildman–Crippen MR) is 127 cm³/mol. The lowest BCUT2D eigenvalue weighted by Gasteiger charge is -2.15. The number of amides is 1. The molecule has 0 saturated heterocycles. The summed E-state index contributed by atoms with van der Waals surface area (Å²) in [6.45, 7) is 0.229. The monoisotopic (exact) mass is 460 g/mol. The Morgan fingerprint density at radius 1 is 0.969 bits per heavy atom. The van der Waals surface area contributed by atoms with Crippen LogP contribution in [0.4, 0.5) is 0 Å². The van der Waals surface area contributed by atoms with E-state index in [1.54, 1.807) is 0 Å². The molecule has 0 saturated carbocycles. The third-order valence-electron chi connectivity index (χ3n) is 5.45. The molecule has 1 amide bonds. The second-order valence-electron chi connectivity index (χ2n) is 7.49. The highest BCUT2D eigenvalue weighted by Crippen LogP contribution is 2.32. The van der Waals surface area contributed by atoms with Crippen LogP contribution in [0.3, 0.4) is 0 Å². The maximum atomic E-state index is 12.3. The molecular weight excluding hydrogens is 443 g/mol. The van der Waals surface area contributed by atoms with Crippen molar-refractivity contribution < 1.29 is 4.79 Å². The number of aromatic nitrogens is 2. The number of benzene rings is 3. The van der Waals surface area contributed by atoms with Crippen LogP contribution in [0.25, 0.3) is 5.69 Å². The smallest absolute Gasteiger partial charge is 0.269 e. The van der Waals surface area contributed by atoms with Crippen LogP contribution in [-0.4, -0.2) is 21.2 Å². The first kappa shape index (κ1) is 20.5. The van der Waals surface area contributed by atoms with Gasteiger partial charge in [0.15, 0.2) is 5.69 Å². The van der Waals surface area contributed by atoms with Gasteiger partial charge in [0.1, 0.15) is 5.82 Å². The van der Waals surface area contributed by atoms with E-state index in [0.717, 1.165) is 22.4 Å². The predicted octanol–water partition coefficient (Wildman–Crippen LogP) is 5.22. The summed E-state index contributed by atoms with van der Waals surface area (Å²) in [4.78, 5) is 21.7. The van der Waals surface area contributed by atoms with Crippen molar-refractivity contribution in [2.24, 2.45) is 10.7 Å². The van der Waals surface area contributed by atoms with Gasteiger partial charge in [-0.2, -0.15) is 0 Å². The van der Waals surface area contributed by atoms with E-state index in [-0.39, 0.29) is 12.2 Å². The van der Waals surface area contributed by atoms with Crippen LogP contribution >= 0.6 is 23.2 Å². The lowest BCUT2D eigenvalue weighted by atomic mass is 10.00. The van der Waals surface area contributed by atoms with Crippen molar-refractivity contribution >= 4 is 34.8 Å². The Hall–Kier alpha value is -3.41. The molecule has 0 unspecified atom stereocenters. The van der Waals surface area contributed by atoms with E-state index in [0.29, 0.717) is 33.7 Å². The zero-order chi connectivity index (χ0) is 22.2. The van der Waals surface area contributed by atoms with E-state index in [2.05, 4.69) is 4.98 Å². The maximum absolute atomic E-state index is 12.3. The summed E-state index contributed by atoms with van der Waals surface area (Å²) in [6, 6.07) is 23.1. The Bertz CT molecular complexity index is 1380. The van der Waals surface area contributed by atoms with Crippen molar-refractivity contribution in [2.45, 2.75) is 13.0 Å². The van der Waals surface area contributed by atoms with Gasteiger partial charge in [-0.1, -0.05) is 71.7 Å². The third kappa shape index (κ3) is 3.60. The molecule has 158 valence electrons. The number of aliphatic imine (C=N–C) groups is 1. The van der Waals surface area contributed by atoms with Crippen LogP contribution in [-0.2, 0) is 13.0 Å². The van der Waals surface area contributed by atoms with E-state index < -0.39 is 5.91 Å². The van der Waals surface area contributed by atoms with E-state index >= 15 is 0 Å². The van der Waals surface area contributed by atoms with Crippen LogP contribution < -0.4 is 5.73 Å². The van der Waals surface area contributed by atoms with E-state index in [1.807, 2.05) is 77.4 Å². The summed E-state index contributed by atoms with van der Waals surface area (Å²) >= 11 is 12.9. The molecule has 0 radical (unpaired) electrons. The van der Waals surface area contributed by atoms with Crippen LogP contribution in [0.5, 0.6) is 0 Å². The molecule has 5 nitrogen and oxygen atoms in total. The van der Waals surface area contributed by atoms with Gasteiger partial charge < -0.3 is 5.73 Å². The normalized spacial score (nSPS) is 12.5. The Morgan fingerprint density at radius 3 is 2.47 bits per heavy atom. The number of halogens is 2. The number of hydrogen-bond acceptors (Lipinski definition) is 3. The number of nitrogens with zero attached hydrogens (tertiary/aromatic N) is 3. The molecule has 5 rings (SSSR count). The molecule has 0 fully saturated rings. The zero-order valence-electron chi connectivity index (χ0n) is 16.9. The summed E-state index contributed by atoms with van der Waals surface area (Å²) in [6.07, 6.45) is 0.532.